The van der Waals surface area contributed by atoms with E-state index in [1.807, 2.05) is 0 Å². The number of hydrogen-bond acceptors (Lipinski definition) is 7. The Bertz CT molecular complexity index is 537. The van der Waals surface area contributed by atoms with Crippen LogP contribution in [-0.2, 0) is 4.79 Å². The summed E-state index contributed by atoms with van der Waals surface area (Å²) in [5, 5.41) is 39.3. The minimum Gasteiger partial charge on any atom is -0.468 e. The summed E-state index contributed by atoms with van der Waals surface area (Å²) < 4.78 is 0. The molecule has 0 atom stereocenters. The standard InChI is InChI=1S/C8H6N4O8/c13-7(14)8(10(15)16,11(17)18)9(12(19)20)6-4-2-1-3-5-6/h1-5H,(H,13,14). The maximum atomic E-state index is 11.0. The first-order valence-electron chi connectivity index (χ1n) is 4.78. The van der Waals surface area contributed by atoms with Crippen LogP contribution in [0.2, 0.25) is 0 Å². The first kappa shape index (κ1) is 14.7. The number of carboxylic acids is 1. The van der Waals surface area contributed by atoms with Crippen molar-refractivity contribution in [3.05, 3.63) is 60.7 Å². The molecule has 0 fully saturated rings. The van der Waals surface area contributed by atoms with Crippen LogP contribution in [0.15, 0.2) is 30.3 Å². The lowest BCUT2D eigenvalue weighted by atomic mass is 10.2. The van der Waals surface area contributed by atoms with E-state index in [1.165, 1.54) is 18.2 Å². The van der Waals surface area contributed by atoms with Gasteiger partial charge in [-0.25, -0.2) is 14.9 Å². The van der Waals surface area contributed by atoms with Gasteiger partial charge < -0.3 is 5.11 Å². The predicted molar refractivity (Wildman–Crippen MR) is 60.3 cm³/mol. The van der Waals surface area contributed by atoms with Crippen molar-refractivity contribution in [3.63, 3.8) is 0 Å². The molecule has 0 bridgehead atoms. The van der Waals surface area contributed by atoms with Crippen molar-refractivity contribution in [2.45, 2.75) is 5.79 Å². The lowest BCUT2D eigenvalue weighted by Crippen LogP contribution is -2.67. The highest BCUT2D eigenvalue weighted by Gasteiger charge is 2.77. The van der Waals surface area contributed by atoms with E-state index in [9.17, 15) is 35.1 Å². The van der Waals surface area contributed by atoms with Gasteiger partial charge in [0.05, 0.1) is 5.01 Å². The second kappa shape index (κ2) is 5.13. The summed E-state index contributed by atoms with van der Waals surface area (Å²) in [6.07, 6.45) is 0. The van der Waals surface area contributed by atoms with Crippen LogP contribution in [0.4, 0.5) is 5.69 Å². The molecule has 12 nitrogen and oxygen atoms in total. The zero-order chi connectivity index (χ0) is 15.5. The third kappa shape index (κ3) is 2.05. The van der Waals surface area contributed by atoms with Crippen LogP contribution in [0.5, 0.6) is 0 Å². The number of carbonyl (C=O) groups is 1. The summed E-state index contributed by atoms with van der Waals surface area (Å²) >= 11 is 0. The average molecular weight is 286 g/mol. The van der Waals surface area contributed by atoms with Gasteiger partial charge in [-0.05, 0) is 12.1 Å². The fourth-order valence-corrected chi connectivity index (χ4v) is 1.43. The summed E-state index contributed by atoms with van der Waals surface area (Å²) in [4.78, 5) is 40.0. The Morgan fingerprint density at radius 1 is 1.05 bits per heavy atom. The van der Waals surface area contributed by atoms with E-state index in [0.717, 1.165) is 12.1 Å². The van der Waals surface area contributed by atoms with Gasteiger partial charge in [0.15, 0.2) is 5.03 Å². The predicted octanol–water partition coefficient (Wildman–Crippen LogP) is -0.0235. The Morgan fingerprint density at radius 2 is 1.50 bits per heavy atom. The van der Waals surface area contributed by atoms with Gasteiger partial charge in [-0.2, -0.15) is 0 Å². The Hall–Kier alpha value is -3.31. The molecule has 0 unspecified atom stereocenters. The van der Waals surface area contributed by atoms with E-state index in [4.69, 9.17) is 5.11 Å². The Balaban J connectivity index is 3.65. The number of nitro groups is 3. The van der Waals surface area contributed by atoms with Gasteiger partial charge in [0, 0.05) is 0 Å². The van der Waals surface area contributed by atoms with Crippen molar-refractivity contribution in [1.82, 2.24) is 0 Å². The number of nitrogens with zero attached hydrogens (tertiary/aromatic N) is 4. The molecule has 1 aromatic rings. The van der Waals surface area contributed by atoms with Crippen molar-refractivity contribution in [1.29, 1.82) is 0 Å². The van der Waals surface area contributed by atoms with Crippen molar-refractivity contribution < 1.29 is 24.8 Å². The lowest BCUT2D eigenvalue weighted by molar-refractivity contribution is -0.807. The molecule has 0 saturated carbocycles. The highest BCUT2D eigenvalue weighted by atomic mass is 16.7. The maximum absolute atomic E-state index is 11.0. The summed E-state index contributed by atoms with van der Waals surface area (Å²) in [7, 11) is 0. The Morgan fingerprint density at radius 3 is 1.80 bits per heavy atom. The van der Waals surface area contributed by atoms with Crippen molar-refractivity contribution in [3.8, 4) is 0 Å². The van der Waals surface area contributed by atoms with Gasteiger partial charge in [0.2, 0.25) is 0 Å². The van der Waals surface area contributed by atoms with Gasteiger partial charge in [0.1, 0.15) is 15.5 Å². The largest absolute Gasteiger partial charge is 0.694 e. The van der Waals surface area contributed by atoms with E-state index < -0.39 is 37.3 Å². The molecule has 0 aliphatic heterocycles. The quantitative estimate of drug-likeness (QED) is 0.428. The molecule has 20 heavy (non-hydrogen) atoms. The normalized spacial score (nSPS) is 10.6. The zero-order valence-electron chi connectivity index (χ0n) is 9.48. The SMILES string of the molecule is O=C(O)C(N(c1ccccc1)[N+](=O)[O-])([N+](=O)[O-])[N+](=O)[O-]. The molecule has 0 aliphatic rings. The molecule has 0 aliphatic carbocycles. The van der Waals surface area contributed by atoms with Crippen LogP contribution >= 0.6 is 0 Å². The summed E-state index contributed by atoms with van der Waals surface area (Å²) in [6.45, 7) is 0. The number of aliphatic carboxylic acids is 1. The minimum atomic E-state index is -4.16. The van der Waals surface area contributed by atoms with Crippen molar-refractivity contribution in [2.75, 3.05) is 5.01 Å². The molecule has 0 amide bonds. The molecular weight excluding hydrogens is 280 g/mol. The average Bonchev–Trinajstić information content (AvgIpc) is 2.34. The number of rotatable bonds is 6. The van der Waals surface area contributed by atoms with Gasteiger partial charge in [-0.3, -0.25) is 20.2 Å². The van der Waals surface area contributed by atoms with Crippen LogP contribution in [0, 0.1) is 30.3 Å². The van der Waals surface area contributed by atoms with Crippen LogP contribution < -0.4 is 5.01 Å². The van der Waals surface area contributed by atoms with Gasteiger partial charge in [0.25, 0.3) is 0 Å². The van der Waals surface area contributed by atoms with E-state index >= 15 is 0 Å². The molecule has 106 valence electrons. The van der Waals surface area contributed by atoms with Crippen LogP contribution in [0.25, 0.3) is 0 Å². The zero-order valence-corrected chi connectivity index (χ0v) is 9.48. The number of carboxylic acid groups (broad SMARTS) is 1. The van der Waals surface area contributed by atoms with E-state index in [0.29, 0.717) is 0 Å². The smallest absolute Gasteiger partial charge is 0.468 e. The molecule has 0 spiro atoms. The summed E-state index contributed by atoms with van der Waals surface area (Å²) in [6, 6.07) is 5.68. The summed E-state index contributed by atoms with van der Waals surface area (Å²) in [5.41, 5.74) is -0.617. The molecule has 1 rings (SSSR count). The van der Waals surface area contributed by atoms with Crippen LogP contribution in [0.1, 0.15) is 0 Å². The molecule has 0 aromatic heterocycles. The third-order valence-electron chi connectivity index (χ3n) is 2.26. The maximum Gasteiger partial charge on any atom is 0.694 e. The number of para-hydroxylation sites is 1. The number of hydrazine groups is 1. The number of benzene rings is 1. The topological polar surface area (TPSA) is 170 Å². The minimum absolute atomic E-state index is 0.616. The van der Waals surface area contributed by atoms with E-state index in [1.54, 1.807) is 0 Å². The molecule has 1 N–H and O–H groups in total. The fraction of sp³-hybridized carbons (Fsp3) is 0.125. The molecular formula is C8H6N4O8. The molecule has 0 heterocycles. The Kier molecular flexibility index (Phi) is 3.78. The monoisotopic (exact) mass is 286 g/mol. The highest BCUT2D eigenvalue weighted by molar-refractivity contribution is 5.78. The summed E-state index contributed by atoms with van der Waals surface area (Å²) in [5.74, 6) is -6.75. The van der Waals surface area contributed by atoms with E-state index in [-0.39, 0.29) is 0 Å². The molecule has 0 saturated heterocycles. The number of hydrogen-bond donors (Lipinski definition) is 1. The lowest BCUT2D eigenvalue weighted by Gasteiger charge is -2.18. The fourth-order valence-electron chi connectivity index (χ4n) is 1.43. The van der Waals surface area contributed by atoms with Crippen LogP contribution in [0.3, 0.4) is 0 Å². The molecule has 0 radical (unpaired) electrons. The second-order valence-corrected chi connectivity index (χ2v) is 3.34. The van der Waals surface area contributed by atoms with Gasteiger partial charge in [-0.15, -0.1) is 0 Å². The van der Waals surface area contributed by atoms with Crippen LogP contribution in [-0.4, -0.2) is 31.7 Å². The number of anilines is 1. The molecule has 12 heteroatoms. The Labute approximate surface area is 109 Å². The molecule has 1 aromatic carbocycles. The van der Waals surface area contributed by atoms with Crippen molar-refractivity contribution >= 4 is 11.7 Å². The highest BCUT2D eigenvalue weighted by Crippen LogP contribution is 2.26. The second-order valence-electron chi connectivity index (χ2n) is 3.34. The first-order valence-corrected chi connectivity index (χ1v) is 4.78. The van der Waals surface area contributed by atoms with Gasteiger partial charge in [-0.1, -0.05) is 18.2 Å². The van der Waals surface area contributed by atoms with Crippen molar-refractivity contribution in [2.24, 2.45) is 0 Å². The first-order chi connectivity index (χ1) is 9.26. The van der Waals surface area contributed by atoms with Gasteiger partial charge >= 0.3 is 11.8 Å². The van der Waals surface area contributed by atoms with E-state index in [2.05, 4.69) is 0 Å². The third-order valence-corrected chi connectivity index (χ3v) is 2.26.